The van der Waals surface area contributed by atoms with Crippen molar-refractivity contribution in [3.63, 3.8) is 0 Å². The quantitative estimate of drug-likeness (QED) is 0.746. The van der Waals surface area contributed by atoms with Crippen molar-refractivity contribution < 1.29 is 9.32 Å². The zero-order valence-electron chi connectivity index (χ0n) is 11.7. The van der Waals surface area contributed by atoms with Crippen LogP contribution in [0.4, 0.5) is 0 Å². The smallest absolute Gasteiger partial charge is 0.274 e. The molecule has 0 radical (unpaired) electrons. The molecule has 2 aromatic carbocycles. The minimum absolute atomic E-state index is 0.515. The molecule has 0 saturated carbocycles. The molecule has 3 aromatic rings. The van der Waals surface area contributed by atoms with Crippen LogP contribution in [0.5, 0.6) is 0 Å². The van der Waals surface area contributed by atoms with Crippen molar-refractivity contribution in [1.29, 1.82) is 0 Å². The molecule has 0 amide bonds. The van der Waals surface area contributed by atoms with Gasteiger partial charge in [0.15, 0.2) is 12.3 Å². The third kappa shape index (κ3) is 3.18. The Kier molecular flexibility index (Phi) is 4.10. The van der Waals surface area contributed by atoms with Gasteiger partial charge in [-0.1, -0.05) is 35.9 Å². The second kappa shape index (κ2) is 6.02. The monoisotopic (exact) mass is 319 g/mol. The van der Waals surface area contributed by atoms with Crippen molar-refractivity contribution >= 4 is 34.9 Å². The summed E-state index contributed by atoms with van der Waals surface area (Å²) in [6, 6.07) is 15.9. The highest BCUT2D eigenvalue weighted by Crippen LogP contribution is 2.16. The van der Waals surface area contributed by atoms with Crippen LogP contribution in [0.15, 0.2) is 52.9 Å². The number of halogens is 1. The molecule has 0 saturated heterocycles. The SMILES string of the molecule is C[NH+](Cc1cccc(Cl)c1)Cn1c(=S)oc2ccccc21. The first-order valence-electron chi connectivity index (χ1n) is 6.77. The summed E-state index contributed by atoms with van der Waals surface area (Å²) in [5, 5.41) is 0.769. The van der Waals surface area contributed by atoms with Crippen LogP contribution in [0.2, 0.25) is 5.02 Å². The number of nitrogens with one attached hydrogen (secondary N) is 1. The van der Waals surface area contributed by atoms with E-state index in [-0.39, 0.29) is 0 Å². The largest absolute Gasteiger partial charge is 0.429 e. The van der Waals surface area contributed by atoms with E-state index >= 15 is 0 Å². The molecule has 0 bridgehead atoms. The number of hydrogen-bond donors (Lipinski definition) is 1. The maximum atomic E-state index is 6.03. The molecule has 0 spiro atoms. The van der Waals surface area contributed by atoms with Gasteiger partial charge in [0.25, 0.3) is 4.84 Å². The lowest BCUT2D eigenvalue weighted by Crippen LogP contribution is -3.06. The van der Waals surface area contributed by atoms with Crippen LogP contribution in [-0.2, 0) is 13.2 Å². The van der Waals surface area contributed by atoms with Gasteiger partial charge in [0.05, 0.1) is 12.6 Å². The van der Waals surface area contributed by atoms with Crippen LogP contribution in [-0.4, -0.2) is 11.6 Å². The summed E-state index contributed by atoms with van der Waals surface area (Å²) in [4.78, 5) is 1.82. The first kappa shape index (κ1) is 14.3. The van der Waals surface area contributed by atoms with Gasteiger partial charge in [0.2, 0.25) is 0 Å². The van der Waals surface area contributed by atoms with E-state index in [9.17, 15) is 0 Å². The third-order valence-corrected chi connectivity index (χ3v) is 3.94. The summed E-state index contributed by atoms with van der Waals surface area (Å²) in [6.07, 6.45) is 0. The third-order valence-electron chi connectivity index (χ3n) is 3.40. The molecule has 1 heterocycles. The molecule has 1 unspecified atom stereocenters. The van der Waals surface area contributed by atoms with Crippen LogP contribution >= 0.6 is 23.8 Å². The lowest BCUT2D eigenvalue weighted by atomic mass is 10.2. The first-order chi connectivity index (χ1) is 10.1. The van der Waals surface area contributed by atoms with Gasteiger partial charge < -0.3 is 9.32 Å². The first-order valence-corrected chi connectivity index (χ1v) is 7.56. The Bertz CT molecular complexity index is 824. The molecule has 1 atom stereocenters. The minimum Gasteiger partial charge on any atom is -0.429 e. The van der Waals surface area contributed by atoms with Gasteiger partial charge in [-0.05, 0) is 36.5 Å². The van der Waals surface area contributed by atoms with E-state index < -0.39 is 0 Å². The average Bonchev–Trinajstić information content (AvgIpc) is 2.75. The molecule has 3 nitrogen and oxygen atoms in total. The molecular weight excluding hydrogens is 304 g/mol. The molecule has 1 aromatic heterocycles. The Morgan fingerprint density at radius 2 is 2.00 bits per heavy atom. The summed E-state index contributed by atoms with van der Waals surface area (Å²) in [6.45, 7) is 1.63. The molecule has 0 fully saturated rings. The van der Waals surface area contributed by atoms with E-state index in [1.54, 1.807) is 0 Å². The predicted octanol–water partition coefficient (Wildman–Crippen LogP) is 3.29. The van der Waals surface area contributed by atoms with Crippen LogP contribution in [0.1, 0.15) is 5.56 Å². The van der Waals surface area contributed by atoms with Crippen LogP contribution < -0.4 is 4.90 Å². The number of rotatable bonds is 4. The fraction of sp³-hybridized carbons (Fsp3) is 0.188. The number of fused-ring (bicyclic) bond motifs is 1. The van der Waals surface area contributed by atoms with E-state index in [0.29, 0.717) is 4.84 Å². The molecule has 0 aliphatic carbocycles. The molecular formula is C16H16ClN2OS+. The Balaban J connectivity index is 1.82. The van der Waals surface area contributed by atoms with Crippen molar-refractivity contribution in [2.24, 2.45) is 0 Å². The Morgan fingerprint density at radius 1 is 1.19 bits per heavy atom. The summed E-state index contributed by atoms with van der Waals surface area (Å²) in [5.41, 5.74) is 3.07. The number of quaternary nitrogens is 1. The summed E-state index contributed by atoms with van der Waals surface area (Å²) in [5.74, 6) is 0. The molecule has 1 N–H and O–H groups in total. The Labute approximate surface area is 133 Å². The van der Waals surface area contributed by atoms with Gasteiger partial charge in [-0.25, -0.2) is 0 Å². The number of oxazole rings is 1. The highest BCUT2D eigenvalue weighted by atomic mass is 35.5. The molecule has 108 valence electrons. The normalized spacial score (nSPS) is 12.7. The molecule has 0 aliphatic rings. The lowest BCUT2D eigenvalue weighted by molar-refractivity contribution is -0.916. The number of benzene rings is 2. The van der Waals surface area contributed by atoms with Crippen molar-refractivity contribution in [2.45, 2.75) is 13.2 Å². The fourth-order valence-corrected chi connectivity index (χ4v) is 2.95. The maximum Gasteiger partial charge on any atom is 0.274 e. The molecule has 3 rings (SSSR count). The summed E-state index contributed by atoms with van der Waals surface area (Å²) in [7, 11) is 2.13. The van der Waals surface area contributed by atoms with Gasteiger partial charge in [-0.2, -0.15) is 0 Å². The highest BCUT2D eigenvalue weighted by Gasteiger charge is 2.11. The topological polar surface area (TPSA) is 22.5 Å². The van der Waals surface area contributed by atoms with Crippen LogP contribution in [0, 0.1) is 4.84 Å². The van der Waals surface area contributed by atoms with Gasteiger partial charge in [0.1, 0.15) is 6.54 Å². The standard InChI is InChI=1S/C16H15ClN2OS/c1-18(10-12-5-4-6-13(17)9-12)11-19-14-7-2-3-8-15(14)20-16(19)21/h2-9H,10-11H2,1H3/p+1. The van der Waals surface area contributed by atoms with Gasteiger partial charge in [0, 0.05) is 10.6 Å². The zero-order valence-corrected chi connectivity index (χ0v) is 13.2. The second-order valence-electron chi connectivity index (χ2n) is 5.19. The van der Waals surface area contributed by atoms with Crippen LogP contribution in [0.3, 0.4) is 0 Å². The van der Waals surface area contributed by atoms with E-state index in [0.717, 1.165) is 29.3 Å². The molecule has 21 heavy (non-hydrogen) atoms. The number of aromatic nitrogens is 1. The van der Waals surface area contributed by atoms with E-state index in [4.69, 9.17) is 28.2 Å². The van der Waals surface area contributed by atoms with Crippen molar-refractivity contribution in [2.75, 3.05) is 7.05 Å². The predicted molar refractivity (Wildman–Crippen MR) is 87.1 cm³/mol. The summed E-state index contributed by atoms with van der Waals surface area (Å²) < 4.78 is 7.64. The lowest BCUT2D eigenvalue weighted by Gasteiger charge is -2.15. The van der Waals surface area contributed by atoms with Gasteiger partial charge in [-0.15, -0.1) is 0 Å². The number of para-hydroxylation sites is 2. The van der Waals surface area contributed by atoms with Crippen molar-refractivity contribution in [3.8, 4) is 0 Å². The Hall–Kier alpha value is -1.62. The maximum absolute atomic E-state index is 6.03. The summed E-state index contributed by atoms with van der Waals surface area (Å²) >= 11 is 11.3. The molecule has 5 heteroatoms. The number of hydrogen-bond acceptors (Lipinski definition) is 2. The van der Waals surface area contributed by atoms with Gasteiger partial charge in [-0.3, -0.25) is 4.57 Å². The number of nitrogens with zero attached hydrogens (tertiary/aromatic N) is 1. The van der Waals surface area contributed by atoms with Gasteiger partial charge >= 0.3 is 0 Å². The van der Waals surface area contributed by atoms with E-state index in [1.165, 1.54) is 10.5 Å². The second-order valence-corrected chi connectivity index (χ2v) is 5.97. The van der Waals surface area contributed by atoms with E-state index in [1.807, 2.05) is 47.0 Å². The average molecular weight is 320 g/mol. The van der Waals surface area contributed by atoms with E-state index in [2.05, 4.69) is 13.1 Å². The molecule has 0 aliphatic heterocycles. The Morgan fingerprint density at radius 3 is 2.81 bits per heavy atom. The zero-order chi connectivity index (χ0) is 14.8. The fourth-order valence-electron chi connectivity index (χ4n) is 2.48. The van der Waals surface area contributed by atoms with Crippen LogP contribution in [0.25, 0.3) is 11.1 Å². The van der Waals surface area contributed by atoms with Crippen molar-refractivity contribution in [3.05, 3.63) is 64.0 Å². The van der Waals surface area contributed by atoms with Crippen molar-refractivity contribution in [1.82, 2.24) is 4.57 Å². The minimum atomic E-state index is 0.515. The highest BCUT2D eigenvalue weighted by molar-refractivity contribution is 7.71.